The minimum Gasteiger partial charge on any atom is -0.481 e. The molecule has 0 saturated heterocycles. The minimum atomic E-state index is -0.975. The van der Waals surface area contributed by atoms with E-state index < -0.39 is 11.4 Å². The van der Waals surface area contributed by atoms with E-state index in [1.165, 1.54) is 0 Å². The van der Waals surface area contributed by atoms with Gasteiger partial charge in [-0.3, -0.25) is 4.79 Å². The molecule has 0 radical (unpaired) electrons. The molecular weight excluding hydrogens is 234 g/mol. The second-order valence-corrected chi connectivity index (χ2v) is 4.36. The highest BCUT2D eigenvalue weighted by atomic mass is 79.9. The second-order valence-electron chi connectivity index (χ2n) is 3.45. The first-order chi connectivity index (χ1) is 5.89. The largest absolute Gasteiger partial charge is 0.481 e. The van der Waals surface area contributed by atoms with Gasteiger partial charge in [0.05, 0.1) is 0 Å². The van der Waals surface area contributed by atoms with Gasteiger partial charge in [0, 0.05) is 10.2 Å². The lowest BCUT2D eigenvalue weighted by Crippen LogP contribution is -2.40. The van der Waals surface area contributed by atoms with Crippen molar-refractivity contribution in [1.29, 1.82) is 0 Å². The van der Waals surface area contributed by atoms with E-state index in [1.54, 1.807) is 13.0 Å². The van der Waals surface area contributed by atoms with Gasteiger partial charge in [0.1, 0.15) is 5.41 Å². The molecule has 0 aliphatic heterocycles. The van der Waals surface area contributed by atoms with Gasteiger partial charge in [0.15, 0.2) is 0 Å². The molecule has 0 bridgehead atoms. The van der Waals surface area contributed by atoms with Crippen molar-refractivity contribution < 1.29 is 9.90 Å². The van der Waals surface area contributed by atoms with Crippen molar-refractivity contribution in [2.45, 2.75) is 13.8 Å². The Morgan fingerprint density at radius 2 is 2.31 bits per heavy atom. The van der Waals surface area contributed by atoms with Gasteiger partial charge in [-0.2, -0.15) is 0 Å². The van der Waals surface area contributed by atoms with Crippen molar-refractivity contribution in [2.75, 3.05) is 0 Å². The molecule has 1 aliphatic rings. The second kappa shape index (κ2) is 3.18. The third kappa shape index (κ3) is 1.50. The standard InChI is InChI=1S/C9H12BrNO2/c1-5-3-6(10)4-7(11)9(5,2)8(12)13/h3-5H,11H2,1-2H3,(H,12,13). The summed E-state index contributed by atoms with van der Waals surface area (Å²) in [5.41, 5.74) is 5.12. The highest BCUT2D eigenvalue weighted by molar-refractivity contribution is 9.11. The summed E-state index contributed by atoms with van der Waals surface area (Å²) in [4.78, 5) is 11.0. The zero-order chi connectivity index (χ0) is 10.2. The van der Waals surface area contributed by atoms with Crippen LogP contribution in [0.2, 0.25) is 0 Å². The van der Waals surface area contributed by atoms with Gasteiger partial charge in [0.25, 0.3) is 0 Å². The summed E-state index contributed by atoms with van der Waals surface area (Å²) in [5, 5.41) is 9.06. The first-order valence-corrected chi connectivity index (χ1v) is 4.76. The van der Waals surface area contributed by atoms with E-state index in [1.807, 2.05) is 13.0 Å². The predicted molar refractivity (Wildman–Crippen MR) is 54.2 cm³/mol. The quantitative estimate of drug-likeness (QED) is 0.742. The number of hydrogen-bond donors (Lipinski definition) is 2. The summed E-state index contributed by atoms with van der Waals surface area (Å²) in [6, 6.07) is 0. The zero-order valence-corrected chi connectivity index (χ0v) is 9.13. The van der Waals surface area contributed by atoms with Crippen molar-refractivity contribution in [3.8, 4) is 0 Å². The van der Waals surface area contributed by atoms with Crippen LogP contribution in [0.15, 0.2) is 22.3 Å². The zero-order valence-electron chi connectivity index (χ0n) is 7.54. The molecule has 1 aliphatic carbocycles. The molecule has 3 N–H and O–H groups in total. The van der Waals surface area contributed by atoms with Crippen molar-refractivity contribution in [1.82, 2.24) is 0 Å². The molecule has 3 nitrogen and oxygen atoms in total. The molecule has 0 aromatic carbocycles. The summed E-state index contributed by atoms with van der Waals surface area (Å²) in [7, 11) is 0. The summed E-state index contributed by atoms with van der Waals surface area (Å²) in [6.45, 7) is 3.48. The van der Waals surface area contributed by atoms with Crippen molar-refractivity contribution in [3.63, 3.8) is 0 Å². The number of carboxylic acid groups (broad SMARTS) is 1. The highest BCUT2D eigenvalue weighted by Crippen LogP contribution is 2.39. The van der Waals surface area contributed by atoms with Crippen molar-refractivity contribution in [3.05, 3.63) is 22.3 Å². The number of aliphatic carboxylic acids is 1. The van der Waals surface area contributed by atoms with E-state index in [-0.39, 0.29) is 5.92 Å². The van der Waals surface area contributed by atoms with Crippen LogP contribution < -0.4 is 5.73 Å². The SMILES string of the molecule is CC1C=C(Br)C=C(N)C1(C)C(=O)O. The van der Waals surface area contributed by atoms with E-state index in [4.69, 9.17) is 10.8 Å². The van der Waals surface area contributed by atoms with E-state index in [2.05, 4.69) is 15.9 Å². The highest BCUT2D eigenvalue weighted by Gasteiger charge is 2.42. The smallest absolute Gasteiger partial charge is 0.315 e. The summed E-state index contributed by atoms with van der Waals surface area (Å²) in [6.07, 6.45) is 3.50. The van der Waals surface area contributed by atoms with Crippen LogP contribution in [0.4, 0.5) is 0 Å². The molecule has 2 atom stereocenters. The number of rotatable bonds is 1. The maximum absolute atomic E-state index is 11.0. The fourth-order valence-corrected chi connectivity index (χ4v) is 1.98. The summed E-state index contributed by atoms with van der Waals surface area (Å²) in [5.74, 6) is -0.991. The van der Waals surface area contributed by atoms with Crippen LogP contribution in [0.1, 0.15) is 13.8 Å². The lowest BCUT2D eigenvalue weighted by atomic mass is 9.73. The van der Waals surface area contributed by atoms with Gasteiger partial charge >= 0.3 is 5.97 Å². The molecule has 0 heterocycles. The fourth-order valence-electron chi connectivity index (χ4n) is 1.33. The van der Waals surface area contributed by atoms with E-state index in [9.17, 15) is 4.79 Å². The Balaban J connectivity index is 3.16. The summed E-state index contributed by atoms with van der Waals surface area (Å²) >= 11 is 3.28. The molecule has 4 heteroatoms. The average Bonchev–Trinajstić information content (AvgIpc) is 1.99. The Labute approximate surface area is 85.4 Å². The van der Waals surface area contributed by atoms with Gasteiger partial charge in [-0.1, -0.05) is 28.9 Å². The third-order valence-electron chi connectivity index (χ3n) is 2.66. The lowest BCUT2D eigenvalue weighted by Gasteiger charge is -2.33. The van der Waals surface area contributed by atoms with Gasteiger partial charge < -0.3 is 10.8 Å². The van der Waals surface area contributed by atoms with E-state index in [0.29, 0.717) is 5.70 Å². The minimum absolute atomic E-state index is 0.107. The average molecular weight is 246 g/mol. The number of carboxylic acids is 1. The van der Waals surface area contributed by atoms with Crippen LogP contribution in [-0.2, 0) is 4.79 Å². The van der Waals surface area contributed by atoms with Gasteiger partial charge in [-0.15, -0.1) is 0 Å². The van der Waals surface area contributed by atoms with Crippen molar-refractivity contribution >= 4 is 21.9 Å². The molecule has 1 rings (SSSR count). The maximum Gasteiger partial charge on any atom is 0.315 e. The van der Waals surface area contributed by atoms with Crippen molar-refractivity contribution in [2.24, 2.45) is 17.1 Å². The van der Waals surface area contributed by atoms with Crippen LogP contribution in [0.3, 0.4) is 0 Å². The number of halogens is 1. The number of carbonyl (C=O) groups is 1. The van der Waals surface area contributed by atoms with Crippen LogP contribution in [0.25, 0.3) is 0 Å². The van der Waals surface area contributed by atoms with Crippen LogP contribution in [0, 0.1) is 11.3 Å². The molecule has 13 heavy (non-hydrogen) atoms. The lowest BCUT2D eigenvalue weighted by molar-refractivity contribution is -0.147. The Kier molecular flexibility index (Phi) is 2.52. The molecule has 0 aromatic rings. The molecule has 0 spiro atoms. The van der Waals surface area contributed by atoms with Crippen LogP contribution in [-0.4, -0.2) is 11.1 Å². The molecule has 0 saturated carbocycles. The topological polar surface area (TPSA) is 63.3 Å². The molecule has 72 valence electrons. The first kappa shape index (κ1) is 10.3. The first-order valence-electron chi connectivity index (χ1n) is 3.97. The molecule has 0 amide bonds. The molecule has 2 unspecified atom stereocenters. The predicted octanol–water partition coefficient (Wildman–Crippen LogP) is 1.85. The third-order valence-corrected chi connectivity index (χ3v) is 3.15. The Morgan fingerprint density at radius 3 is 2.69 bits per heavy atom. The monoisotopic (exact) mass is 245 g/mol. The Bertz CT molecular complexity index is 309. The van der Waals surface area contributed by atoms with E-state index >= 15 is 0 Å². The number of allylic oxidation sites excluding steroid dienone is 3. The molecule has 0 aromatic heterocycles. The van der Waals surface area contributed by atoms with E-state index in [0.717, 1.165) is 4.48 Å². The van der Waals surface area contributed by atoms with Crippen LogP contribution in [0.5, 0.6) is 0 Å². The fraction of sp³-hybridized carbons (Fsp3) is 0.444. The van der Waals surface area contributed by atoms with Gasteiger partial charge in [-0.25, -0.2) is 0 Å². The Morgan fingerprint density at radius 1 is 1.77 bits per heavy atom. The molecular formula is C9H12BrNO2. The van der Waals surface area contributed by atoms with Gasteiger partial charge in [-0.05, 0) is 18.9 Å². The van der Waals surface area contributed by atoms with Gasteiger partial charge in [0.2, 0.25) is 0 Å². The Hall–Kier alpha value is -0.770. The normalized spacial score (nSPS) is 33.6. The molecule has 0 fully saturated rings. The number of nitrogens with two attached hydrogens (primary N) is 1. The maximum atomic E-state index is 11.0. The number of hydrogen-bond acceptors (Lipinski definition) is 2. The van der Waals surface area contributed by atoms with Crippen LogP contribution >= 0.6 is 15.9 Å². The summed E-state index contributed by atoms with van der Waals surface area (Å²) < 4.78 is 0.844.